The van der Waals surface area contributed by atoms with Crippen LogP contribution in [0.15, 0.2) is 0 Å². The summed E-state index contributed by atoms with van der Waals surface area (Å²) in [7, 11) is 0. The average molecular weight is 600 g/mol. The highest BCUT2D eigenvalue weighted by Crippen LogP contribution is 2.18. The van der Waals surface area contributed by atoms with Crippen molar-refractivity contribution in [2.75, 3.05) is 65.9 Å². The van der Waals surface area contributed by atoms with Crippen LogP contribution in [0.25, 0.3) is 0 Å². The van der Waals surface area contributed by atoms with Crippen molar-refractivity contribution in [3.63, 3.8) is 0 Å². The van der Waals surface area contributed by atoms with E-state index >= 15 is 0 Å². The van der Waals surface area contributed by atoms with Crippen LogP contribution in [0.5, 0.6) is 0 Å². The van der Waals surface area contributed by atoms with Crippen molar-refractivity contribution in [1.82, 2.24) is 15.5 Å². The molecule has 1 heterocycles. The molecule has 1 aliphatic rings. The lowest BCUT2D eigenvalue weighted by molar-refractivity contribution is -0.139. The number of nitrogens with zero attached hydrogens (tertiary/aromatic N) is 1. The summed E-state index contributed by atoms with van der Waals surface area (Å²) >= 11 is 0. The number of amides is 4. The number of nitrogens with one attached hydrogen (secondary N) is 2. The third-order valence-electron chi connectivity index (χ3n) is 6.72. The number of imide groups is 1. The fraction of sp³-hybridized carbons (Fsp3) is 0.793. The van der Waals surface area contributed by atoms with E-state index in [2.05, 4.69) is 10.6 Å². The van der Waals surface area contributed by atoms with Gasteiger partial charge in [-0.3, -0.25) is 33.7 Å². The van der Waals surface area contributed by atoms with E-state index in [-0.39, 0.29) is 91.8 Å². The molecule has 0 aliphatic carbocycles. The molecule has 1 aliphatic heterocycles. The van der Waals surface area contributed by atoms with Gasteiger partial charge in [0.25, 0.3) is 0 Å². The van der Waals surface area contributed by atoms with Crippen LogP contribution in [0, 0.1) is 17.8 Å². The topological polar surface area (TPSA) is 167 Å². The van der Waals surface area contributed by atoms with Gasteiger partial charge in [0.15, 0.2) is 5.78 Å². The first kappa shape index (κ1) is 37.3. The molecule has 4 amide bonds. The first-order chi connectivity index (χ1) is 19.9. The summed E-state index contributed by atoms with van der Waals surface area (Å²) in [6.45, 7) is 11.6. The Morgan fingerprint density at radius 3 is 1.88 bits per heavy atom. The number of carbonyl (C=O) groups is 6. The summed E-state index contributed by atoms with van der Waals surface area (Å²) in [5.74, 6) is -1.94. The van der Waals surface area contributed by atoms with Crippen LogP contribution in [0.4, 0.5) is 0 Å². The minimum absolute atomic E-state index is 0.0510. The van der Waals surface area contributed by atoms with E-state index in [9.17, 15) is 28.8 Å². The predicted octanol–water partition coefficient (Wildman–Crippen LogP) is 0.669. The molecule has 1 saturated heterocycles. The van der Waals surface area contributed by atoms with Gasteiger partial charge in [-0.1, -0.05) is 27.7 Å². The van der Waals surface area contributed by atoms with Crippen LogP contribution in [-0.2, 0) is 47.7 Å². The third kappa shape index (κ3) is 15.5. The normalized spacial score (nSPS) is 16.5. The van der Waals surface area contributed by atoms with E-state index in [1.165, 1.54) is 6.92 Å². The van der Waals surface area contributed by atoms with E-state index in [0.717, 1.165) is 4.90 Å². The zero-order valence-electron chi connectivity index (χ0n) is 25.7. The fourth-order valence-corrected chi connectivity index (χ4v) is 4.01. The number of rotatable bonds is 24. The van der Waals surface area contributed by atoms with Gasteiger partial charge in [0.1, 0.15) is 5.78 Å². The van der Waals surface area contributed by atoms with Gasteiger partial charge in [-0.2, -0.15) is 0 Å². The van der Waals surface area contributed by atoms with E-state index in [1.54, 1.807) is 13.8 Å². The minimum atomic E-state index is -0.629. The largest absolute Gasteiger partial charge is 0.379 e. The van der Waals surface area contributed by atoms with Crippen LogP contribution >= 0.6 is 0 Å². The van der Waals surface area contributed by atoms with Crippen LogP contribution in [0.1, 0.15) is 60.3 Å². The molecule has 1 rings (SSSR count). The zero-order valence-corrected chi connectivity index (χ0v) is 25.7. The van der Waals surface area contributed by atoms with Crippen molar-refractivity contribution < 1.29 is 47.7 Å². The van der Waals surface area contributed by atoms with Gasteiger partial charge in [0.05, 0.1) is 58.9 Å². The molecule has 0 bridgehead atoms. The van der Waals surface area contributed by atoms with Crippen LogP contribution in [0.3, 0.4) is 0 Å². The van der Waals surface area contributed by atoms with Gasteiger partial charge < -0.3 is 29.6 Å². The minimum Gasteiger partial charge on any atom is -0.379 e. The highest BCUT2D eigenvalue weighted by molar-refractivity contribution is 6.03. The summed E-state index contributed by atoms with van der Waals surface area (Å²) in [6, 6.07) is -0.629. The highest BCUT2D eigenvalue weighted by atomic mass is 16.6. The first-order valence-electron chi connectivity index (χ1n) is 14.7. The molecular weight excluding hydrogens is 550 g/mol. The molecule has 3 atom stereocenters. The molecule has 0 aromatic carbocycles. The Labute approximate surface area is 248 Å². The quantitative estimate of drug-likeness (QED) is 0.119. The Bertz CT molecular complexity index is 895. The van der Waals surface area contributed by atoms with E-state index in [4.69, 9.17) is 18.9 Å². The molecule has 13 heteroatoms. The SMILES string of the molecule is CC(=O)[C@H](C)CC(=O)[C@@H](NC(=O)CCOCCOCCOCCOCCNC(=O)CCN1C(=O)CC(C)C1=O)C(C)C. The third-order valence-corrected chi connectivity index (χ3v) is 6.72. The molecule has 1 fully saturated rings. The molecule has 42 heavy (non-hydrogen) atoms. The fourth-order valence-electron chi connectivity index (χ4n) is 4.01. The lowest BCUT2D eigenvalue weighted by Crippen LogP contribution is -2.45. The molecule has 0 radical (unpaired) electrons. The number of hydrogen-bond acceptors (Lipinski definition) is 10. The number of Topliss-reactive ketones (excluding diaryl/α,β-unsaturated/α-hetero) is 2. The van der Waals surface area contributed by atoms with Crippen molar-refractivity contribution in [1.29, 1.82) is 0 Å². The molecule has 240 valence electrons. The van der Waals surface area contributed by atoms with Crippen molar-refractivity contribution in [3.05, 3.63) is 0 Å². The van der Waals surface area contributed by atoms with E-state index in [0.29, 0.717) is 52.8 Å². The first-order valence-corrected chi connectivity index (χ1v) is 14.7. The average Bonchev–Trinajstić information content (AvgIpc) is 3.17. The van der Waals surface area contributed by atoms with Gasteiger partial charge in [0, 0.05) is 50.6 Å². The van der Waals surface area contributed by atoms with Crippen LogP contribution in [-0.4, -0.2) is 112 Å². The maximum atomic E-state index is 12.5. The molecule has 13 nitrogen and oxygen atoms in total. The molecule has 0 saturated carbocycles. The molecule has 0 aromatic heterocycles. The molecule has 1 unspecified atom stereocenters. The van der Waals surface area contributed by atoms with Crippen molar-refractivity contribution in [2.24, 2.45) is 17.8 Å². The van der Waals surface area contributed by atoms with E-state index < -0.39 is 6.04 Å². The summed E-state index contributed by atoms with van der Waals surface area (Å²) in [5, 5.41) is 5.44. The lowest BCUT2D eigenvalue weighted by Gasteiger charge is -2.22. The number of ketones is 2. The Balaban J connectivity index is 1.94. The van der Waals surface area contributed by atoms with Crippen molar-refractivity contribution in [3.8, 4) is 0 Å². The Hall–Kier alpha value is -2.74. The standard InChI is InChI=1S/C29H49N3O10/c1-20(2)28(24(34)18-21(3)23(5)33)31-26(36)7-10-39-12-14-41-16-17-42-15-13-40-11-8-30-25(35)6-9-32-27(37)19-22(4)29(32)38/h20-22,28H,6-19H2,1-5H3,(H,30,35)(H,31,36)/t21-,22?,28+/m1/s1. The molecule has 0 spiro atoms. The Morgan fingerprint density at radius 1 is 0.833 bits per heavy atom. The second-order valence-electron chi connectivity index (χ2n) is 10.8. The van der Waals surface area contributed by atoms with Gasteiger partial charge in [0.2, 0.25) is 23.6 Å². The molecule has 2 N–H and O–H groups in total. The van der Waals surface area contributed by atoms with Crippen LogP contribution < -0.4 is 10.6 Å². The summed E-state index contributed by atoms with van der Waals surface area (Å²) in [4.78, 5) is 72.7. The smallest absolute Gasteiger partial charge is 0.232 e. The van der Waals surface area contributed by atoms with Gasteiger partial charge >= 0.3 is 0 Å². The number of carbonyl (C=O) groups excluding carboxylic acids is 6. The maximum absolute atomic E-state index is 12.5. The maximum Gasteiger partial charge on any atom is 0.232 e. The summed E-state index contributed by atoms with van der Waals surface area (Å²) < 4.78 is 21.6. The van der Waals surface area contributed by atoms with Crippen molar-refractivity contribution in [2.45, 2.75) is 66.3 Å². The lowest BCUT2D eigenvalue weighted by atomic mass is 9.91. The Morgan fingerprint density at radius 2 is 1.38 bits per heavy atom. The predicted molar refractivity (Wildman–Crippen MR) is 152 cm³/mol. The Kier molecular flexibility index (Phi) is 18.7. The number of hydrogen-bond donors (Lipinski definition) is 2. The summed E-state index contributed by atoms with van der Waals surface area (Å²) in [5.41, 5.74) is 0. The van der Waals surface area contributed by atoms with Gasteiger partial charge in [-0.05, 0) is 12.8 Å². The molecule has 0 aromatic rings. The number of likely N-dealkylation sites (tertiary alicyclic amines) is 1. The number of ether oxygens (including phenoxy) is 4. The van der Waals surface area contributed by atoms with Crippen LogP contribution in [0.2, 0.25) is 0 Å². The van der Waals surface area contributed by atoms with Gasteiger partial charge in [-0.15, -0.1) is 0 Å². The second-order valence-corrected chi connectivity index (χ2v) is 10.8. The highest BCUT2D eigenvalue weighted by Gasteiger charge is 2.35. The zero-order chi connectivity index (χ0) is 31.5. The summed E-state index contributed by atoms with van der Waals surface area (Å²) in [6.07, 6.45) is 0.497. The van der Waals surface area contributed by atoms with Gasteiger partial charge in [-0.25, -0.2) is 0 Å². The van der Waals surface area contributed by atoms with Crippen molar-refractivity contribution >= 4 is 35.2 Å². The second kappa shape index (κ2) is 21.0. The van der Waals surface area contributed by atoms with E-state index in [1.807, 2.05) is 13.8 Å². The monoisotopic (exact) mass is 599 g/mol. The molecular formula is C29H49N3O10.